The van der Waals surface area contributed by atoms with E-state index in [1.54, 1.807) is 0 Å². The molecule has 10 nitrogen and oxygen atoms in total. The number of rotatable bonds is 12. The second-order valence-corrected chi connectivity index (χ2v) is 11.2. The van der Waals surface area contributed by atoms with Gasteiger partial charge in [0, 0.05) is 11.9 Å². The van der Waals surface area contributed by atoms with Crippen LogP contribution in [0.4, 0.5) is 5.13 Å². The summed E-state index contributed by atoms with van der Waals surface area (Å²) in [4.78, 5) is 29.2. The smallest absolute Gasteiger partial charge is 0.271 e. The SMILES string of the molecule is CC(C)CC(NC(=O)c1csc(NS(C)(=O)=O)n1)C(O)C(O)C(C)C(=O)NCc1ccccc1. The van der Waals surface area contributed by atoms with Crippen molar-refractivity contribution in [3.63, 3.8) is 0 Å². The average molecular weight is 513 g/mol. The van der Waals surface area contributed by atoms with Gasteiger partial charge < -0.3 is 20.8 Å². The number of nitrogens with one attached hydrogen (secondary N) is 3. The predicted octanol–water partition coefficient (Wildman–Crippen LogP) is 1.33. The number of hydrogen-bond donors (Lipinski definition) is 5. The fraction of sp³-hybridized carbons (Fsp3) is 0.500. The molecule has 0 saturated carbocycles. The second-order valence-electron chi connectivity index (χ2n) is 8.59. The van der Waals surface area contributed by atoms with Gasteiger partial charge in [0.05, 0.1) is 24.3 Å². The van der Waals surface area contributed by atoms with Gasteiger partial charge in [0.25, 0.3) is 5.91 Å². The Morgan fingerprint density at radius 1 is 1.09 bits per heavy atom. The molecule has 188 valence electrons. The third-order valence-corrected chi connectivity index (χ3v) is 6.50. The summed E-state index contributed by atoms with van der Waals surface area (Å²) in [6.07, 6.45) is -1.54. The summed E-state index contributed by atoms with van der Waals surface area (Å²) >= 11 is 0.946. The van der Waals surface area contributed by atoms with Crippen LogP contribution in [-0.4, -0.2) is 59.9 Å². The van der Waals surface area contributed by atoms with E-state index < -0.39 is 46.0 Å². The number of aromatic nitrogens is 1. The van der Waals surface area contributed by atoms with Gasteiger partial charge in [0.15, 0.2) is 5.13 Å². The molecule has 0 spiro atoms. The number of benzene rings is 1. The normalized spacial score (nSPS) is 15.3. The first-order chi connectivity index (χ1) is 15.9. The topological polar surface area (TPSA) is 158 Å². The molecule has 2 rings (SSSR count). The van der Waals surface area contributed by atoms with Crippen molar-refractivity contribution in [2.24, 2.45) is 11.8 Å². The number of nitrogens with zero attached hydrogens (tertiary/aromatic N) is 1. The van der Waals surface area contributed by atoms with Crippen LogP contribution in [0.2, 0.25) is 0 Å². The first-order valence-electron chi connectivity index (χ1n) is 10.8. The second kappa shape index (κ2) is 12.2. The number of carbonyl (C=O) groups is 2. The lowest BCUT2D eigenvalue weighted by Gasteiger charge is -2.31. The Bertz CT molecular complexity index is 1060. The van der Waals surface area contributed by atoms with Crippen molar-refractivity contribution in [3.8, 4) is 0 Å². The molecule has 5 N–H and O–H groups in total. The molecule has 1 aromatic heterocycles. The van der Waals surface area contributed by atoms with Crippen LogP contribution in [0, 0.1) is 11.8 Å². The lowest BCUT2D eigenvalue weighted by atomic mass is 9.90. The molecule has 1 aromatic carbocycles. The van der Waals surface area contributed by atoms with Crippen molar-refractivity contribution < 1.29 is 28.2 Å². The number of anilines is 1. The van der Waals surface area contributed by atoms with Crippen molar-refractivity contribution in [1.82, 2.24) is 15.6 Å². The fourth-order valence-corrected chi connectivity index (χ4v) is 4.80. The molecule has 2 aromatic rings. The molecule has 0 saturated heterocycles. The first-order valence-corrected chi connectivity index (χ1v) is 13.6. The molecule has 4 atom stereocenters. The van der Waals surface area contributed by atoms with E-state index in [4.69, 9.17) is 0 Å². The van der Waals surface area contributed by atoms with E-state index in [-0.39, 0.29) is 23.3 Å². The predicted molar refractivity (Wildman–Crippen MR) is 131 cm³/mol. The highest BCUT2D eigenvalue weighted by Crippen LogP contribution is 2.19. The van der Waals surface area contributed by atoms with Gasteiger partial charge in [-0.3, -0.25) is 14.3 Å². The van der Waals surface area contributed by atoms with Crippen molar-refractivity contribution in [2.75, 3.05) is 11.0 Å². The van der Waals surface area contributed by atoms with Gasteiger partial charge in [0.1, 0.15) is 11.8 Å². The van der Waals surface area contributed by atoms with E-state index in [1.807, 2.05) is 44.2 Å². The number of hydrogen-bond acceptors (Lipinski definition) is 8. The Morgan fingerprint density at radius 3 is 2.32 bits per heavy atom. The number of aliphatic hydroxyl groups is 2. The Hall–Kier alpha value is -2.54. The zero-order chi connectivity index (χ0) is 25.5. The quantitative estimate of drug-likeness (QED) is 0.287. The number of sulfonamides is 1. The maximum Gasteiger partial charge on any atom is 0.271 e. The number of thiazole rings is 1. The molecule has 1 heterocycles. The Labute approximate surface area is 203 Å². The minimum absolute atomic E-state index is 0.0275. The summed E-state index contributed by atoms with van der Waals surface area (Å²) in [6, 6.07) is 8.43. The largest absolute Gasteiger partial charge is 0.390 e. The molecular weight excluding hydrogens is 480 g/mol. The van der Waals surface area contributed by atoms with E-state index in [0.29, 0.717) is 6.42 Å². The Kier molecular flexibility index (Phi) is 9.98. The molecule has 0 bridgehead atoms. The summed E-state index contributed by atoms with van der Waals surface area (Å²) in [7, 11) is -3.54. The molecule has 12 heteroatoms. The molecular formula is C22H32N4O6S2. The van der Waals surface area contributed by atoms with Crippen LogP contribution in [0.3, 0.4) is 0 Å². The van der Waals surface area contributed by atoms with Crippen molar-refractivity contribution in [1.29, 1.82) is 0 Å². The van der Waals surface area contributed by atoms with Crippen LogP contribution in [0.15, 0.2) is 35.7 Å². The van der Waals surface area contributed by atoms with Gasteiger partial charge >= 0.3 is 0 Å². The van der Waals surface area contributed by atoms with Crippen LogP contribution in [0.5, 0.6) is 0 Å². The molecule has 2 amide bonds. The lowest BCUT2D eigenvalue weighted by molar-refractivity contribution is -0.132. The summed E-state index contributed by atoms with van der Waals surface area (Å²) < 4.78 is 24.9. The molecule has 0 aliphatic heterocycles. The zero-order valence-electron chi connectivity index (χ0n) is 19.6. The maximum atomic E-state index is 12.7. The molecule has 34 heavy (non-hydrogen) atoms. The molecule has 0 aliphatic carbocycles. The van der Waals surface area contributed by atoms with E-state index in [2.05, 4.69) is 20.3 Å². The van der Waals surface area contributed by atoms with Crippen LogP contribution < -0.4 is 15.4 Å². The van der Waals surface area contributed by atoms with Gasteiger partial charge in [0.2, 0.25) is 15.9 Å². The number of amides is 2. The minimum atomic E-state index is -3.54. The third kappa shape index (κ3) is 8.67. The van der Waals surface area contributed by atoms with Crippen LogP contribution in [0.25, 0.3) is 0 Å². The monoisotopic (exact) mass is 512 g/mol. The minimum Gasteiger partial charge on any atom is -0.390 e. The number of aliphatic hydroxyl groups excluding tert-OH is 2. The molecule has 0 fully saturated rings. The number of carbonyl (C=O) groups excluding carboxylic acids is 2. The maximum absolute atomic E-state index is 12.7. The molecule has 0 radical (unpaired) electrons. The van der Waals surface area contributed by atoms with E-state index in [9.17, 15) is 28.2 Å². The lowest BCUT2D eigenvalue weighted by Crippen LogP contribution is -2.53. The van der Waals surface area contributed by atoms with Crippen LogP contribution >= 0.6 is 11.3 Å². The van der Waals surface area contributed by atoms with Gasteiger partial charge in [-0.05, 0) is 17.9 Å². The average Bonchev–Trinajstić information content (AvgIpc) is 3.22. The Balaban J connectivity index is 2.04. The summed E-state index contributed by atoms with van der Waals surface area (Å²) in [5.41, 5.74) is 0.872. The van der Waals surface area contributed by atoms with E-state index in [1.165, 1.54) is 12.3 Å². The summed E-state index contributed by atoms with van der Waals surface area (Å²) in [6.45, 7) is 5.58. The first kappa shape index (κ1) is 27.7. The standard InChI is InChI=1S/C22H32N4O6S2/c1-13(2)10-16(24-21(30)17-12-33-22(25-17)26-34(4,31)32)19(28)18(27)14(3)20(29)23-11-15-8-6-5-7-9-15/h5-9,12-14,16,18-19,27-28H,10-11H2,1-4H3,(H,23,29)(H,24,30)(H,25,26). The van der Waals surface area contributed by atoms with Gasteiger partial charge in [-0.25, -0.2) is 13.4 Å². The van der Waals surface area contributed by atoms with E-state index in [0.717, 1.165) is 23.2 Å². The molecule has 4 unspecified atom stereocenters. The van der Waals surface area contributed by atoms with Gasteiger partial charge in [-0.15, -0.1) is 11.3 Å². The Morgan fingerprint density at radius 2 is 1.74 bits per heavy atom. The van der Waals surface area contributed by atoms with Crippen molar-refractivity contribution in [3.05, 3.63) is 47.0 Å². The highest BCUT2D eigenvalue weighted by Gasteiger charge is 2.35. The van der Waals surface area contributed by atoms with Crippen LogP contribution in [-0.2, 0) is 21.4 Å². The van der Waals surface area contributed by atoms with Gasteiger partial charge in [-0.1, -0.05) is 51.1 Å². The zero-order valence-corrected chi connectivity index (χ0v) is 21.2. The third-order valence-electron chi connectivity index (χ3n) is 5.05. The highest BCUT2D eigenvalue weighted by atomic mass is 32.2. The van der Waals surface area contributed by atoms with Crippen molar-refractivity contribution >= 4 is 38.3 Å². The summed E-state index contributed by atoms with van der Waals surface area (Å²) in [5.74, 6) is -1.93. The van der Waals surface area contributed by atoms with Crippen molar-refractivity contribution in [2.45, 2.75) is 52.0 Å². The summed E-state index contributed by atoms with van der Waals surface area (Å²) in [5, 5.41) is 28.4. The fourth-order valence-electron chi connectivity index (χ4n) is 3.25. The van der Waals surface area contributed by atoms with Crippen LogP contribution in [0.1, 0.15) is 43.2 Å². The molecule has 0 aliphatic rings. The highest BCUT2D eigenvalue weighted by molar-refractivity contribution is 7.92. The van der Waals surface area contributed by atoms with Gasteiger partial charge in [-0.2, -0.15) is 0 Å². The van der Waals surface area contributed by atoms with E-state index >= 15 is 0 Å².